The number of anilines is 1. The standard InChI is InChI=1S/C29H27FN2O6S/c1-4-6-15-37-21-9-7-8-19(16-21)24(33)22-23(18-10-12-20(30)13-11-18)32(27(35)25(22)34)29-31-17(3)26(39-29)28(36)38-14-5-2/h5,7-13,16,23,33H,2,4,6,14-15H2,1,3H3/b24-22+. The van der Waals surface area contributed by atoms with E-state index in [0.29, 0.717) is 23.6 Å². The van der Waals surface area contributed by atoms with Crippen LogP contribution in [0, 0.1) is 12.7 Å². The number of hydrogen-bond acceptors (Lipinski definition) is 8. The highest BCUT2D eigenvalue weighted by Gasteiger charge is 2.48. The molecule has 39 heavy (non-hydrogen) atoms. The lowest BCUT2D eigenvalue weighted by atomic mass is 9.95. The Morgan fingerprint density at radius 3 is 2.67 bits per heavy atom. The van der Waals surface area contributed by atoms with Crippen molar-refractivity contribution in [2.45, 2.75) is 32.7 Å². The molecule has 0 radical (unpaired) electrons. The first kappa shape index (κ1) is 27.7. The van der Waals surface area contributed by atoms with E-state index in [1.54, 1.807) is 31.2 Å². The van der Waals surface area contributed by atoms with Crippen molar-refractivity contribution in [1.82, 2.24) is 4.98 Å². The molecule has 3 aromatic rings. The summed E-state index contributed by atoms with van der Waals surface area (Å²) in [6, 6.07) is 10.7. The normalized spacial score (nSPS) is 16.4. The lowest BCUT2D eigenvalue weighted by molar-refractivity contribution is -0.132. The van der Waals surface area contributed by atoms with Gasteiger partial charge in [-0.3, -0.25) is 14.5 Å². The predicted molar refractivity (Wildman–Crippen MR) is 145 cm³/mol. The zero-order chi connectivity index (χ0) is 28.1. The second kappa shape index (κ2) is 12.0. The highest BCUT2D eigenvalue weighted by Crippen LogP contribution is 2.44. The summed E-state index contributed by atoms with van der Waals surface area (Å²) in [6.07, 6.45) is 3.22. The van der Waals surface area contributed by atoms with Gasteiger partial charge in [-0.25, -0.2) is 14.2 Å². The minimum absolute atomic E-state index is 0.00712. The summed E-state index contributed by atoms with van der Waals surface area (Å²) < 4.78 is 24.6. The zero-order valence-electron chi connectivity index (χ0n) is 21.5. The number of halogens is 1. The van der Waals surface area contributed by atoms with Crippen molar-refractivity contribution in [3.63, 3.8) is 0 Å². The number of unbranched alkanes of at least 4 members (excludes halogenated alkanes) is 1. The number of aliphatic hydroxyl groups excluding tert-OH is 1. The fourth-order valence-electron chi connectivity index (χ4n) is 4.09. The summed E-state index contributed by atoms with van der Waals surface area (Å²) in [7, 11) is 0. The molecule has 1 unspecified atom stereocenters. The molecule has 1 saturated heterocycles. The number of thiazole rings is 1. The lowest BCUT2D eigenvalue weighted by Gasteiger charge is -2.23. The van der Waals surface area contributed by atoms with Crippen LogP contribution in [0.2, 0.25) is 0 Å². The number of carbonyl (C=O) groups is 3. The second-order valence-corrected chi connectivity index (χ2v) is 9.73. The number of hydrogen-bond donors (Lipinski definition) is 1. The lowest BCUT2D eigenvalue weighted by Crippen LogP contribution is -2.29. The molecule has 8 nitrogen and oxygen atoms in total. The summed E-state index contributed by atoms with van der Waals surface area (Å²) >= 11 is 0.880. The van der Waals surface area contributed by atoms with Gasteiger partial charge in [0.15, 0.2) is 5.13 Å². The average Bonchev–Trinajstić information content (AvgIpc) is 3.44. The number of esters is 1. The fourth-order valence-corrected chi connectivity index (χ4v) is 5.08. The van der Waals surface area contributed by atoms with Gasteiger partial charge in [-0.1, -0.05) is 61.6 Å². The molecule has 202 valence electrons. The van der Waals surface area contributed by atoms with Gasteiger partial charge < -0.3 is 14.6 Å². The van der Waals surface area contributed by atoms with Crippen LogP contribution in [0.25, 0.3) is 5.76 Å². The molecule has 1 atom stereocenters. The number of rotatable bonds is 10. The van der Waals surface area contributed by atoms with Crippen LogP contribution in [0.1, 0.15) is 52.3 Å². The van der Waals surface area contributed by atoms with Gasteiger partial charge in [0, 0.05) is 5.56 Å². The summed E-state index contributed by atoms with van der Waals surface area (Å²) in [5.41, 5.74) is 0.760. The predicted octanol–water partition coefficient (Wildman–Crippen LogP) is 5.74. The van der Waals surface area contributed by atoms with Gasteiger partial charge in [0.25, 0.3) is 5.78 Å². The molecule has 1 aliphatic rings. The Balaban J connectivity index is 1.82. The van der Waals surface area contributed by atoms with Gasteiger partial charge in [0.1, 0.15) is 28.8 Å². The minimum Gasteiger partial charge on any atom is -0.507 e. The Morgan fingerprint density at radius 2 is 1.97 bits per heavy atom. The number of aliphatic hydroxyl groups is 1. The molecule has 1 aromatic heterocycles. The number of Topliss-reactive ketones (excluding diaryl/α,β-unsaturated/α-hetero) is 1. The summed E-state index contributed by atoms with van der Waals surface area (Å²) in [4.78, 5) is 44.9. The van der Waals surface area contributed by atoms with Crippen molar-refractivity contribution in [2.24, 2.45) is 0 Å². The number of carbonyl (C=O) groups excluding carboxylic acids is 3. The van der Waals surface area contributed by atoms with Crippen LogP contribution in [-0.4, -0.2) is 41.0 Å². The number of ketones is 1. The molecule has 1 fully saturated rings. The fraction of sp³-hybridized carbons (Fsp3) is 0.241. The molecule has 2 aromatic carbocycles. The topological polar surface area (TPSA) is 106 Å². The minimum atomic E-state index is -1.13. The van der Waals surface area contributed by atoms with Crippen molar-refractivity contribution in [3.05, 3.63) is 94.3 Å². The number of aromatic nitrogens is 1. The molecule has 0 bridgehead atoms. The van der Waals surface area contributed by atoms with E-state index in [1.807, 2.05) is 6.92 Å². The first-order chi connectivity index (χ1) is 18.8. The van der Waals surface area contributed by atoms with Crippen LogP contribution in [-0.2, 0) is 14.3 Å². The second-order valence-electron chi connectivity index (χ2n) is 8.75. The van der Waals surface area contributed by atoms with Crippen molar-refractivity contribution < 1.29 is 33.4 Å². The Kier molecular flexibility index (Phi) is 8.55. The summed E-state index contributed by atoms with van der Waals surface area (Å²) in [5.74, 6) is -2.96. The van der Waals surface area contributed by atoms with Gasteiger partial charge in [0.05, 0.1) is 23.9 Å². The van der Waals surface area contributed by atoms with E-state index in [4.69, 9.17) is 9.47 Å². The highest BCUT2D eigenvalue weighted by molar-refractivity contribution is 7.17. The molecule has 10 heteroatoms. The maximum atomic E-state index is 13.8. The molecule has 0 aliphatic carbocycles. The molecule has 4 rings (SSSR count). The molecule has 2 heterocycles. The van der Waals surface area contributed by atoms with Crippen LogP contribution >= 0.6 is 11.3 Å². The molecule has 1 aliphatic heterocycles. The average molecular weight is 551 g/mol. The van der Waals surface area contributed by atoms with E-state index in [2.05, 4.69) is 11.6 Å². The maximum absolute atomic E-state index is 13.8. The Bertz CT molecular complexity index is 1450. The monoisotopic (exact) mass is 550 g/mol. The maximum Gasteiger partial charge on any atom is 0.350 e. The quantitative estimate of drug-likeness (QED) is 0.0857. The third kappa shape index (κ3) is 5.75. The third-order valence-corrected chi connectivity index (χ3v) is 7.15. The van der Waals surface area contributed by atoms with E-state index in [-0.39, 0.29) is 27.8 Å². The first-order valence-electron chi connectivity index (χ1n) is 12.3. The van der Waals surface area contributed by atoms with Crippen molar-refractivity contribution in [3.8, 4) is 5.75 Å². The number of aryl methyl sites for hydroxylation is 1. The number of ether oxygens (including phenoxy) is 2. The Morgan fingerprint density at radius 1 is 1.23 bits per heavy atom. The van der Waals surface area contributed by atoms with Gasteiger partial charge in [-0.05, 0) is 43.2 Å². The summed E-state index contributed by atoms with van der Waals surface area (Å²) in [6.45, 7) is 7.62. The number of amides is 1. The van der Waals surface area contributed by atoms with E-state index in [9.17, 15) is 23.9 Å². The van der Waals surface area contributed by atoms with Crippen LogP contribution < -0.4 is 9.64 Å². The molecule has 1 amide bonds. The van der Waals surface area contributed by atoms with Crippen molar-refractivity contribution >= 4 is 39.9 Å². The SMILES string of the molecule is C=CCOC(=O)c1sc(N2C(=O)C(=O)/C(=C(/O)c3cccc(OCCCC)c3)C2c2ccc(F)cc2)nc1C. The van der Waals surface area contributed by atoms with E-state index in [1.165, 1.54) is 30.3 Å². The smallest absolute Gasteiger partial charge is 0.350 e. The van der Waals surface area contributed by atoms with Crippen LogP contribution in [0.5, 0.6) is 5.75 Å². The molecule has 1 N–H and O–H groups in total. The van der Waals surface area contributed by atoms with E-state index < -0.39 is 35.3 Å². The largest absolute Gasteiger partial charge is 0.507 e. The summed E-state index contributed by atoms with van der Waals surface area (Å²) in [5, 5.41) is 11.4. The van der Waals surface area contributed by atoms with E-state index >= 15 is 0 Å². The van der Waals surface area contributed by atoms with Crippen molar-refractivity contribution in [1.29, 1.82) is 0 Å². The van der Waals surface area contributed by atoms with Crippen molar-refractivity contribution in [2.75, 3.05) is 18.1 Å². The van der Waals surface area contributed by atoms with Gasteiger partial charge in [0.2, 0.25) is 0 Å². The number of benzene rings is 2. The van der Waals surface area contributed by atoms with Gasteiger partial charge in [-0.2, -0.15) is 0 Å². The Labute approximate surface area is 229 Å². The third-order valence-electron chi connectivity index (χ3n) is 6.01. The molecular formula is C29H27FN2O6S. The van der Waals surface area contributed by atoms with Gasteiger partial charge >= 0.3 is 11.9 Å². The molecular weight excluding hydrogens is 523 g/mol. The van der Waals surface area contributed by atoms with Gasteiger partial charge in [-0.15, -0.1) is 0 Å². The highest BCUT2D eigenvalue weighted by atomic mass is 32.1. The Hall–Kier alpha value is -4.31. The van der Waals surface area contributed by atoms with Crippen LogP contribution in [0.3, 0.4) is 0 Å². The number of nitrogens with zero attached hydrogens (tertiary/aromatic N) is 2. The molecule has 0 spiro atoms. The van der Waals surface area contributed by atoms with E-state index in [0.717, 1.165) is 29.1 Å². The first-order valence-corrected chi connectivity index (χ1v) is 13.1. The molecule has 0 saturated carbocycles. The zero-order valence-corrected chi connectivity index (χ0v) is 22.3. The van der Waals surface area contributed by atoms with Crippen LogP contribution in [0.15, 0.2) is 66.8 Å². The van der Waals surface area contributed by atoms with Crippen LogP contribution in [0.4, 0.5) is 9.52 Å².